The maximum absolute atomic E-state index is 12.1. The van der Waals surface area contributed by atoms with Gasteiger partial charge in [-0.3, -0.25) is 4.79 Å². The van der Waals surface area contributed by atoms with E-state index in [-0.39, 0.29) is 18.6 Å². The monoisotopic (exact) mass is 319 g/mol. The van der Waals surface area contributed by atoms with E-state index in [1.807, 2.05) is 6.92 Å². The van der Waals surface area contributed by atoms with Crippen molar-refractivity contribution in [1.29, 1.82) is 0 Å². The Morgan fingerprint density at radius 1 is 1.17 bits per heavy atom. The Bertz CT molecular complexity index is 536. The van der Waals surface area contributed by atoms with Crippen molar-refractivity contribution < 1.29 is 19.1 Å². The normalized spacial score (nSPS) is 20.6. The molecule has 0 spiro atoms. The molecule has 0 radical (unpaired) electrons. The van der Waals surface area contributed by atoms with Gasteiger partial charge in [-0.25, -0.2) is 4.79 Å². The molecule has 0 aromatic heterocycles. The van der Waals surface area contributed by atoms with Crippen LogP contribution in [0.25, 0.3) is 0 Å². The third-order valence-corrected chi connectivity index (χ3v) is 4.12. The zero-order valence-corrected chi connectivity index (χ0v) is 13.8. The molecule has 1 aliphatic carbocycles. The zero-order chi connectivity index (χ0) is 16.7. The van der Waals surface area contributed by atoms with Crippen molar-refractivity contribution in [1.82, 2.24) is 5.32 Å². The van der Waals surface area contributed by atoms with E-state index in [1.54, 1.807) is 24.3 Å². The number of carbonyl (C=O) groups is 2. The van der Waals surface area contributed by atoms with Gasteiger partial charge >= 0.3 is 5.97 Å². The minimum atomic E-state index is -0.540. The molecular formula is C18H25NO4. The summed E-state index contributed by atoms with van der Waals surface area (Å²) in [5, 5.41) is 2.94. The minimum Gasteiger partial charge on any atom is -0.493 e. The van der Waals surface area contributed by atoms with Gasteiger partial charge in [-0.2, -0.15) is 0 Å². The summed E-state index contributed by atoms with van der Waals surface area (Å²) >= 11 is 0. The Hall–Kier alpha value is -2.04. The van der Waals surface area contributed by atoms with Crippen LogP contribution in [0.2, 0.25) is 0 Å². The maximum atomic E-state index is 12.1. The van der Waals surface area contributed by atoms with Gasteiger partial charge in [-0.1, -0.05) is 19.1 Å². The molecule has 0 bridgehead atoms. The molecule has 5 nitrogen and oxygen atoms in total. The average Bonchev–Trinajstić information content (AvgIpc) is 2.56. The van der Waals surface area contributed by atoms with Gasteiger partial charge in [0.25, 0.3) is 5.91 Å². The number of nitrogens with one attached hydrogen (secondary N) is 1. The highest BCUT2D eigenvalue weighted by atomic mass is 16.5. The molecule has 1 N–H and O–H groups in total. The molecule has 2 rings (SSSR count). The van der Waals surface area contributed by atoms with Crippen molar-refractivity contribution in [3.63, 3.8) is 0 Å². The fourth-order valence-corrected chi connectivity index (χ4v) is 2.80. The van der Waals surface area contributed by atoms with E-state index in [1.165, 1.54) is 0 Å². The minimum absolute atomic E-state index is 0.202. The maximum Gasteiger partial charge on any atom is 0.342 e. The number of rotatable bonds is 6. The van der Waals surface area contributed by atoms with Crippen LogP contribution >= 0.6 is 0 Å². The largest absolute Gasteiger partial charge is 0.493 e. The molecule has 1 fully saturated rings. The summed E-state index contributed by atoms with van der Waals surface area (Å²) < 4.78 is 10.5. The summed E-state index contributed by atoms with van der Waals surface area (Å²) in [6.45, 7) is 4.28. The molecule has 0 heterocycles. The second-order valence-corrected chi connectivity index (χ2v) is 6.03. The van der Waals surface area contributed by atoms with E-state index in [0.29, 0.717) is 17.9 Å². The van der Waals surface area contributed by atoms with Crippen LogP contribution in [0.5, 0.6) is 5.75 Å². The Kier molecular flexibility index (Phi) is 6.44. The molecule has 1 saturated carbocycles. The number of amides is 1. The van der Waals surface area contributed by atoms with Gasteiger partial charge in [0.15, 0.2) is 6.61 Å². The molecule has 0 saturated heterocycles. The highest BCUT2D eigenvalue weighted by molar-refractivity contribution is 5.94. The molecule has 0 unspecified atom stereocenters. The molecule has 0 atom stereocenters. The summed E-state index contributed by atoms with van der Waals surface area (Å²) in [5.74, 6) is 0.422. The first kappa shape index (κ1) is 17.3. The van der Waals surface area contributed by atoms with E-state index in [9.17, 15) is 9.59 Å². The molecular weight excluding hydrogens is 294 g/mol. The van der Waals surface area contributed by atoms with Gasteiger partial charge in [0.1, 0.15) is 11.3 Å². The molecule has 1 amide bonds. The summed E-state index contributed by atoms with van der Waals surface area (Å²) in [4.78, 5) is 24.0. The predicted octanol–water partition coefficient (Wildman–Crippen LogP) is 2.94. The van der Waals surface area contributed by atoms with Crippen LogP contribution in [0.15, 0.2) is 24.3 Å². The SMILES string of the molecule is CCOc1ccccc1C(=O)OCC(=O)NC1CCC(C)CC1. The lowest BCUT2D eigenvalue weighted by molar-refractivity contribution is -0.125. The van der Waals surface area contributed by atoms with Crippen molar-refractivity contribution in [2.45, 2.75) is 45.6 Å². The van der Waals surface area contributed by atoms with Crippen molar-refractivity contribution >= 4 is 11.9 Å². The first-order valence-electron chi connectivity index (χ1n) is 8.28. The summed E-state index contributed by atoms with van der Waals surface area (Å²) in [7, 11) is 0. The predicted molar refractivity (Wildman–Crippen MR) is 87.5 cm³/mol. The number of para-hydroxylation sites is 1. The van der Waals surface area contributed by atoms with Gasteiger partial charge in [-0.15, -0.1) is 0 Å². The smallest absolute Gasteiger partial charge is 0.342 e. The van der Waals surface area contributed by atoms with Crippen LogP contribution in [0.1, 0.15) is 49.9 Å². The lowest BCUT2D eigenvalue weighted by atomic mass is 9.87. The van der Waals surface area contributed by atoms with E-state index in [2.05, 4.69) is 12.2 Å². The highest BCUT2D eigenvalue weighted by Gasteiger charge is 2.21. The molecule has 126 valence electrons. The fraction of sp³-hybridized carbons (Fsp3) is 0.556. The topological polar surface area (TPSA) is 64.6 Å². The number of hydrogen-bond donors (Lipinski definition) is 1. The van der Waals surface area contributed by atoms with Crippen LogP contribution in [0, 0.1) is 5.92 Å². The second-order valence-electron chi connectivity index (χ2n) is 6.03. The first-order chi connectivity index (χ1) is 11.1. The molecule has 1 aromatic rings. The molecule has 0 aliphatic heterocycles. The van der Waals surface area contributed by atoms with Crippen LogP contribution in [0.3, 0.4) is 0 Å². The van der Waals surface area contributed by atoms with Gasteiger partial charge in [0, 0.05) is 6.04 Å². The van der Waals surface area contributed by atoms with Crippen LogP contribution in [-0.4, -0.2) is 31.1 Å². The van der Waals surface area contributed by atoms with Gasteiger partial charge in [0.05, 0.1) is 6.61 Å². The number of esters is 1. The van der Waals surface area contributed by atoms with E-state index in [0.717, 1.165) is 31.6 Å². The Labute approximate surface area is 137 Å². The highest BCUT2D eigenvalue weighted by Crippen LogP contribution is 2.23. The van der Waals surface area contributed by atoms with Crippen molar-refractivity contribution in [2.75, 3.05) is 13.2 Å². The fourth-order valence-electron chi connectivity index (χ4n) is 2.80. The van der Waals surface area contributed by atoms with Gasteiger partial charge < -0.3 is 14.8 Å². The van der Waals surface area contributed by atoms with Crippen LogP contribution in [-0.2, 0) is 9.53 Å². The first-order valence-corrected chi connectivity index (χ1v) is 8.28. The third-order valence-electron chi connectivity index (χ3n) is 4.12. The molecule has 1 aliphatic rings. The third kappa shape index (κ3) is 5.27. The number of carbonyl (C=O) groups excluding carboxylic acids is 2. The average molecular weight is 319 g/mol. The zero-order valence-electron chi connectivity index (χ0n) is 13.8. The summed E-state index contributed by atoms with van der Waals surface area (Å²) in [5.41, 5.74) is 0.341. The van der Waals surface area contributed by atoms with Crippen molar-refractivity contribution in [2.24, 2.45) is 5.92 Å². The Balaban J connectivity index is 1.81. The van der Waals surface area contributed by atoms with Crippen molar-refractivity contribution in [3.8, 4) is 5.75 Å². The van der Waals surface area contributed by atoms with Gasteiger partial charge in [-0.05, 0) is 50.7 Å². The Morgan fingerprint density at radius 3 is 2.57 bits per heavy atom. The molecule has 23 heavy (non-hydrogen) atoms. The molecule has 1 aromatic carbocycles. The van der Waals surface area contributed by atoms with E-state index < -0.39 is 5.97 Å². The standard InChI is InChI=1S/C18H25NO4/c1-3-22-16-7-5-4-6-15(16)18(21)23-12-17(20)19-14-10-8-13(2)9-11-14/h4-7,13-14H,3,8-12H2,1-2H3,(H,19,20). The van der Waals surface area contributed by atoms with Crippen molar-refractivity contribution in [3.05, 3.63) is 29.8 Å². The summed E-state index contributed by atoms with van der Waals surface area (Å²) in [6, 6.07) is 7.08. The second kappa shape index (κ2) is 8.56. The number of ether oxygens (including phenoxy) is 2. The summed E-state index contributed by atoms with van der Waals surface area (Å²) in [6.07, 6.45) is 4.25. The van der Waals surface area contributed by atoms with Crippen LogP contribution < -0.4 is 10.1 Å². The lowest BCUT2D eigenvalue weighted by Crippen LogP contribution is -2.39. The number of benzene rings is 1. The quantitative estimate of drug-likeness (QED) is 0.819. The Morgan fingerprint density at radius 2 is 1.87 bits per heavy atom. The van der Waals surface area contributed by atoms with Crippen LogP contribution in [0.4, 0.5) is 0 Å². The lowest BCUT2D eigenvalue weighted by Gasteiger charge is -2.26. The van der Waals surface area contributed by atoms with Gasteiger partial charge in [0.2, 0.25) is 0 Å². The molecule has 5 heteroatoms. The van der Waals surface area contributed by atoms with E-state index in [4.69, 9.17) is 9.47 Å². The number of hydrogen-bond acceptors (Lipinski definition) is 4. The van der Waals surface area contributed by atoms with E-state index >= 15 is 0 Å².